The van der Waals surface area contributed by atoms with Crippen molar-refractivity contribution in [2.24, 2.45) is 4.99 Å². The van der Waals surface area contributed by atoms with Crippen LogP contribution in [0.4, 0.5) is 5.69 Å². The summed E-state index contributed by atoms with van der Waals surface area (Å²) in [5.74, 6) is 0.776. The number of hydrogen-bond acceptors (Lipinski definition) is 2. The second-order valence-corrected chi connectivity index (χ2v) is 3.43. The molecule has 0 heterocycles. The molecule has 0 spiro atoms. The van der Waals surface area contributed by atoms with Crippen molar-refractivity contribution in [1.82, 2.24) is 10.9 Å². The molecule has 1 aromatic rings. The Morgan fingerprint density at radius 1 is 1.43 bits per heavy atom. The Balaban J connectivity index is 2.91. The summed E-state index contributed by atoms with van der Waals surface area (Å²) < 4.78 is 0. The lowest BCUT2D eigenvalue weighted by molar-refractivity contribution is 0.765. The Hall–Kier alpha value is -1.06. The first-order chi connectivity index (χ1) is 6.63. The molecule has 0 atom stereocenters. The highest BCUT2D eigenvalue weighted by atomic mass is 35.5. The number of aryl methyl sites for hydroxylation is 1. The van der Waals surface area contributed by atoms with E-state index in [1.807, 2.05) is 32.0 Å². The van der Waals surface area contributed by atoms with Gasteiger partial charge in [0.2, 0.25) is 0 Å². The normalized spacial score (nSPS) is 11.6. The van der Waals surface area contributed by atoms with Gasteiger partial charge < -0.3 is 5.43 Å². The van der Waals surface area contributed by atoms with E-state index in [0.29, 0.717) is 5.02 Å². The fraction of sp³-hybridized carbons (Fsp3) is 0.300. The first kappa shape index (κ1) is 11.0. The highest BCUT2D eigenvalue weighted by Gasteiger charge is 1.98. The van der Waals surface area contributed by atoms with Crippen LogP contribution < -0.4 is 10.9 Å². The summed E-state index contributed by atoms with van der Waals surface area (Å²) >= 11 is 6.02. The quantitative estimate of drug-likeness (QED) is 0.448. The molecule has 0 aliphatic rings. The van der Waals surface area contributed by atoms with Gasteiger partial charge in [0.15, 0.2) is 0 Å². The third kappa shape index (κ3) is 3.01. The van der Waals surface area contributed by atoms with Crippen LogP contribution in [0.15, 0.2) is 23.2 Å². The Labute approximate surface area is 89.2 Å². The smallest absolute Gasteiger partial charge is 0.113 e. The number of nitrogens with zero attached hydrogens (tertiary/aromatic N) is 1. The third-order valence-electron chi connectivity index (χ3n) is 1.70. The van der Waals surface area contributed by atoms with Crippen molar-refractivity contribution in [3.05, 3.63) is 28.8 Å². The van der Waals surface area contributed by atoms with Gasteiger partial charge >= 0.3 is 0 Å². The maximum Gasteiger partial charge on any atom is 0.113 e. The van der Waals surface area contributed by atoms with Gasteiger partial charge in [0.1, 0.15) is 5.84 Å². The van der Waals surface area contributed by atoms with Crippen molar-refractivity contribution in [2.45, 2.75) is 13.8 Å². The number of nitrogens with one attached hydrogen (secondary N) is 2. The van der Waals surface area contributed by atoms with Crippen LogP contribution in [0.3, 0.4) is 0 Å². The van der Waals surface area contributed by atoms with E-state index >= 15 is 0 Å². The molecular formula is C10H14ClN3. The van der Waals surface area contributed by atoms with Gasteiger partial charge in [-0.15, -0.1) is 0 Å². The van der Waals surface area contributed by atoms with Gasteiger partial charge in [-0.05, 0) is 31.5 Å². The van der Waals surface area contributed by atoms with Crippen molar-refractivity contribution in [1.29, 1.82) is 0 Å². The summed E-state index contributed by atoms with van der Waals surface area (Å²) in [6.07, 6.45) is 0. The van der Waals surface area contributed by atoms with Crippen molar-refractivity contribution < 1.29 is 0 Å². The number of rotatable bonds is 2. The van der Waals surface area contributed by atoms with E-state index in [0.717, 1.165) is 17.1 Å². The lowest BCUT2D eigenvalue weighted by Gasteiger charge is -2.04. The van der Waals surface area contributed by atoms with Gasteiger partial charge in [0.05, 0.1) is 10.7 Å². The van der Waals surface area contributed by atoms with E-state index in [-0.39, 0.29) is 0 Å². The highest BCUT2D eigenvalue weighted by Crippen LogP contribution is 2.25. The molecule has 76 valence electrons. The number of amidine groups is 1. The van der Waals surface area contributed by atoms with E-state index in [2.05, 4.69) is 15.8 Å². The van der Waals surface area contributed by atoms with Crippen LogP contribution in [0.1, 0.15) is 12.5 Å². The van der Waals surface area contributed by atoms with Gasteiger partial charge in [-0.2, -0.15) is 0 Å². The molecule has 4 heteroatoms. The predicted octanol–water partition coefficient (Wildman–Crippen LogP) is 2.42. The van der Waals surface area contributed by atoms with Crippen LogP contribution in [0.25, 0.3) is 0 Å². The Bertz CT molecular complexity index is 347. The zero-order chi connectivity index (χ0) is 10.6. The largest absolute Gasteiger partial charge is 0.310 e. The molecule has 1 rings (SSSR count). The van der Waals surface area contributed by atoms with Crippen LogP contribution in [0.5, 0.6) is 0 Å². The second-order valence-electron chi connectivity index (χ2n) is 3.03. The number of benzene rings is 1. The molecule has 0 saturated carbocycles. The molecule has 0 fully saturated rings. The lowest BCUT2D eigenvalue weighted by Crippen LogP contribution is -2.31. The van der Waals surface area contributed by atoms with Gasteiger partial charge in [-0.3, -0.25) is 0 Å². The minimum absolute atomic E-state index is 0.669. The molecule has 0 aliphatic carbocycles. The molecular weight excluding hydrogens is 198 g/mol. The molecule has 0 radical (unpaired) electrons. The molecule has 0 amide bonds. The molecule has 1 aromatic carbocycles. The number of hydrogen-bond donors (Lipinski definition) is 2. The minimum atomic E-state index is 0.669. The fourth-order valence-electron chi connectivity index (χ4n) is 1.09. The number of halogens is 1. The highest BCUT2D eigenvalue weighted by molar-refractivity contribution is 6.33. The standard InChI is InChI=1S/C10H14ClN3/c1-7-4-5-10(9(11)6-7)13-8(2)14-12-3/h4-6,12H,1-3H3,(H,13,14). The summed E-state index contributed by atoms with van der Waals surface area (Å²) in [5.41, 5.74) is 7.58. The number of hydrazine groups is 1. The molecule has 2 N–H and O–H groups in total. The molecule has 0 saturated heterocycles. The van der Waals surface area contributed by atoms with Crippen LogP contribution in [0, 0.1) is 6.92 Å². The maximum atomic E-state index is 6.02. The van der Waals surface area contributed by atoms with Crippen LogP contribution >= 0.6 is 11.6 Å². The first-order valence-electron chi connectivity index (χ1n) is 4.37. The average Bonchev–Trinajstić information content (AvgIpc) is 2.10. The minimum Gasteiger partial charge on any atom is -0.310 e. The van der Waals surface area contributed by atoms with Gasteiger partial charge in [0.25, 0.3) is 0 Å². The summed E-state index contributed by atoms with van der Waals surface area (Å²) in [7, 11) is 1.79. The SMILES string of the molecule is CNNC(C)=Nc1ccc(C)cc1Cl. The van der Waals surface area contributed by atoms with Gasteiger partial charge in [0, 0.05) is 7.05 Å². The van der Waals surface area contributed by atoms with E-state index in [1.54, 1.807) is 7.05 Å². The molecule has 3 nitrogen and oxygen atoms in total. The van der Waals surface area contributed by atoms with E-state index in [4.69, 9.17) is 11.6 Å². The van der Waals surface area contributed by atoms with Crippen molar-refractivity contribution in [2.75, 3.05) is 7.05 Å². The van der Waals surface area contributed by atoms with Crippen LogP contribution in [0.2, 0.25) is 5.02 Å². The van der Waals surface area contributed by atoms with Crippen LogP contribution in [-0.2, 0) is 0 Å². The summed E-state index contributed by atoms with van der Waals surface area (Å²) in [6, 6.07) is 5.78. The zero-order valence-electron chi connectivity index (χ0n) is 8.56. The van der Waals surface area contributed by atoms with Crippen molar-refractivity contribution in [3.63, 3.8) is 0 Å². The van der Waals surface area contributed by atoms with E-state index in [9.17, 15) is 0 Å². The molecule has 0 unspecified atom stereocenters. The number of aliphatic imine (C=N–C) groups is 1. The van der Waals surface area contributed by atoms with Crippen LogP contribution in [-0.4, -0.2) is 12.9 Å². The first-order valence-corrected chi connectivity index (χ1v) is 4.75. The summed E-state index contributed by atoms with van der Waals surface area (Å²) in [6.45, 7) is 3.87. The Morgan fingerprint density at radius 3 is 2.71 bits per heavy atom. The monoisotopic (exact) mass is 211 g/mol. The summed E-state index contributed by atoms with van der Waals surface area (Å²) in [5, 5.41) is 0.669. The van der Waals surface area contributed by atoms with Crippen molar-refractivity contribution in [3.8, 4) is 0 Å². The lowest BCUT2D eigenvalue weighted by atomic mass is 10.2. The fourth-order valence-corrected chi connectivity index (χ4v) is 1.37. The third-order valence-corrected chi connectivity index (χ3v) is 2.00. The Morgan fingerprint density at radius 2 is 2.14 bits per heavy atom. The Kier molecular flexibility index (Phi) is 3.92. The second kappa shape index (κ2) is 4.98. The zero-order valence-corrected chi connectivity index (χ0v) is 9.31. The predicted molar refractivity (Wildman–Crippen MR) is 61.2 cm³/mol. The van der Waals surface area contributed by atoms with Gasteiger partial charge in [-0.1, -0.05) is 17.7 Å². The molecule has 0 aromatic heterocycles. The van der Waals surface area contributed by atoms with E-state index < -0.39 is 0 Å². The molecule has 14 heavy (non-hydrogen) atoms. The summed E-state index contributed by atoms with van der Waals surface area (Å²) in [4.78, 5) is 4.30. The maximum absolute atomic E-state index is 6.02. The van der Waals surface area contributed by atoms with E-state index in [1.165, 1.54) is 0 Å². The molecule has 0 aliphatic heterocycles. The van der Waals surface area contributed by atoms with Gasteiger partial charge in [-0.25, -0.2) is 10.4 Å². The van der Waals surface area contributed by atoms with Crippen molar-refractivity contribution >= 4 is 23.1 Å². The molecule has 0 bridgehead atoms. The topological polar surface area (TPSA) is 36.4 Å². The average molecular weight is 212 g/mol.